The average Bonchev–Trinajstić information content (AvgIpc) is 2.38. The Bertz CT molecular complexity index is 346. The van der Waals surface area contributed by atoms with Gasteiger partial charge >= 0.3 is 0 Å². The van der Waals surface area contributed by atoms with Gasteiger partial charge in [-0.05, 0) is 12.1 Å². The van der Waals surface area contributed by atoms with E-state index in [0.29, 0.717) is 12.5 Å². The standard InChI is InChI=1S/C11H16N4O/c12-11(15-5-7-16-8-6-15)14-9-10-3-1-2-4-13-10/h1-4H,5-9H2,(H2,12,14). The molecule has 1 aromatic heterocycles. The van der Waals surface area contributed by atoms with Crippen molar-refractivity contribution in [3.8, 4) is 0 Å². The number of rotatable bonds is 2. The van der Waals surface area contributed by atoms with E-state index in [1.54, 1.807) is 6.20 Å². The summed E-state index contributed by atoms with van der Waals surface area (Å²) in [5, 5.41) is 0. The number of nitrogens with zero attached hydrogens (tertiary/aromatic N) is 3. The van der Waals surface area contributed by atoms with Gasteiger partial charge in [-0.15, -0.1) is 0 Å². The molecule has 2 heterocycles. The second kappa shape index (κ2) is 5.46. The highest BCUT2D eigenvalue weighted by Crippen LogP contribution is 1.99. The van der Waals surface area contributed by atoms with E-state index in [1.807, 2.05) is 23.1 Å². The Kier molecular flexibility index (Phi) is 3.71. The molecular weight excluding hydrogens is 204 g/mol. The monoisotopic (exact) mass is 220 g/mol. The third kappa shape index (κ3) is 2.93. The average molecular weight is 220 g/mol. The molecule has 16 heavy (non-hydrogen) atoms. The van der Waals surface area contributed by atoms with Gasteiger partial charge in [0.15, 0.2) is 5.96 Å². The predicted molar refractivity (Wildman–Crippen MR) is 62.0 cm³/mol. The summed E-state index contributed by atoms with van der Waals surface area (Å²) in [6.45, 7) is 3.61. The molecule has 1 saturated heterocycles. The van der Waals surface area contributed by atoms with Crippen LogP contribution in [0.15, 0.2) is 29.4 Å². The van der Waals surface area contributed by atoms with Crippen LogP contribution in [-0.4, -0.2) is 42.1 Å². The van der Waals surface area contributed by atoms with Crippen LogP contribution in [0, 0.1) is 0 Å². The first kappa shape index (κ1) is 10.9. The van der Waals surface area contributed by atoms with Gasteiger partial charge < -0.3 is 15.4 Å². The van der Waals surface area contributed by atoms with Gasteiger partial charge in [-0.25, -0.2) is 4.99 Å². The summed E-state index contributed by atoms with van der Waals surface area (Å²) in [7, 11) is 0. The Balaban J connectivity index is 1.91. The van der Waals surface area contributed by atoms with Crippen molar-refractivity contribution in [1.29, 1.82) is 0 Å². The zero-order valence-corrected chi connectivity index (χ0v) is 9.17. The Morgan fingerprint density at radius 1 is 1.44 bits per heavy atom. The van der Waals surface area contributed by atoms with E-state index < -0.39 is 0 Å². The van der Waals surface area contributed by atoms with E-state index in [0.717, 1.165) is 32.0 Å². The molecule has 0 saturated carbocycles. The van der Waals surface area contributed by atoms with Crippen molar-refractivity contribution in [2.24, 2.45) is 10.7 Å². The lowest BCUT2D eigenvalue weighted by Crippen LogP contribution is -2.44. The molecule has 1 aliphatic heterocycles. The lowest BCUT2D eigenvalue weighted by molar-refractivity contribution is 0.0674. The third-order valence-corrected chi connectivity index (χ3v) is 2.46. The Morgan fingerprint density at radius 2 is 2.25 bits per heavy atom. The highest BCUT2D eigenvalue weighted by atomic mass is 16.5. The maximum absolute atomic E-state index is 5.89. The van der Waals surface area contributed by atoms with Crippen molar-refractivity contribution in [2.45, 2.75) is 6.54 Å². The van der Waals surface area contributed by atoms with E-state index in [2.05, 4.69) is 9.98 Å². The molecule has 1 fully saturated rings. The number of aliphatic imine (C=N–C) groups is 1. The maximum atomic E-state index is 5.89. The molecule has 0 amide bonds. The zero-order valence-electron chi connectivity index (χ0n) is 9.17. The number of hydrogen-bond acceptors (Lipinski definition) is 3. The van der Waals surface area contributed by atoms with Crippen LogP contribution in [0.1, 0.15) is 5.69 Å². The van der Waals surface area contributed by atoms with Crippen LogP contribution in [0.3, 0.4) is 0 Å². The van der Waals surface area contributed by atoms with Crippen LogP contribution >= 0.6 is 0 Å². The summed E-state index contributed by atoms with van der Waals surface area (Å²) in [5.41, 5.74) is 6.82. The van der Waals surface area contributed by atoms with E-state index >= 15 is 0 Å². The molecule has 0 aliphatic carbocycles. The lowest BCUT2D eigenvalue weighted by atomic mass is 10.3. The van der Waals surface area contributed by atoms with E-state index in [-0.39, 0.29) is 0 Å². The molecule has 0 aromatic carbocycles. The number of pyridine rings is 1. The zero-order chi connectivity index (χ0) is 11.2. The summed E-state index contributed by atoms with van der Waals surface area (Å²) >= 11 is 0. The normalized spacial score (nSPS) is 17.5. The second-order valence-corrected chi connectivity index (χ2v) is 3.59. The van der Waals surface area contributed by atoms with Crippen molar-refractivity contribution in [1.82, 2.24) is 9.88 Å². The quantitative estimate of drug-likeness (QED) is 0.572. The fourth-order valence-corrected chi connectivity index (χ4v) is 1.55. The van der Waals surface area contributed by atoms with Crippen LogP contribution in [-0.2, 0) is 11.3 Å². The van der Waals surface area contributed by atoms with Gasteiger partial charge in [0, 0.05) is 19.3 Å². The summed E-state index contributed by atoms with van der Waals surface area (Å²) in [6.07, 6.45) is 1.76. The van der Waals surface area contributed by atoms with Crippen LogP contribution < -0.4 is 5.73 Å². The van der Waals surface area contributed by atoms with E-state index in [9.17, 15) is 0 Å². The molecule has 2 rings (SSSR count). The number of nitrogens with two attached hydrogens (primary N) is 1. The number of ether oxygens (including phenoxy) is 1. The first-order valence-electron chi connectivity index (χ1n) is 5.39. The van der Waals surface area contributed by atoms with Crippen LogP contribution in [0.2, 0.25) is 0 Å². The molecule has 2 N–H and O–H groups in total. The number of morpholine rings is 1. The third-order valence-electron chi connectivity index (χ3n) is 2.46. The fraction of sp³-hybridized carbons (Fsp3) is 0.455. The summed E-state index contributed by atoms with van der Waals surface area (Å²) in [4.78, 5) is 10.5. The van der Waals surface area contributed by atoms with Gasteiger partial charge in [0.25, 0.3) is 0 Å². The molecule has 86 valence electrons. The summed E-state index contributed by atoms with van der Waals surface area (Å²) < 4.78 is 5.25. The second-order valence-electron chi connectivity index (χ2n) is 3.59. The van der Waals surface area contributed by atoms with Crippen molar-refractivity contribution < 1.29 is 4.74 Å². The van der Waals surface area contributed by atoms with Gasteiger partial charge in [-0.2, -0.15) is 0 Å². The van der Waals surface area contributed by atoms with Crippen molar-refractivity contribution in [3.05, 3.63) is 30.1 Å². The first-order valence-corrected chi connectivity index (χ1v) is 5.39. The molecule has 0 atom stereocenters. The first-order chi connectivity index (χ1) is 7.86. The Labute approximate surface area is 94.9 Å². The number of hydrogen-bond donors (Lipinski definition) is 1. The molecule has 5 nitrogen and oxygen atoms in total. The summed E-state index contributed by atoms with van der Waals surface area (Å²) in [6, 6.07) is 5.78. The topological polar surface area (TPSA) is 63.7 Å². The van der Waals surface area contributed by atoms with Crippen molar-refractivity contribution in [2.75, 3.05) is 26.3 Å². The van der Waals surface area contributed by atoms with E-state index in [1.165, 1.54) is 0 Å². The SMILES string of the molecule is NC(=NCc1ccccn1)N1CCOCC1. The van der Waals surface area contributed by atoms with Crippen LogP contribution in [0.4, 0.5) is 0 Å². The highest BCUT2D eigenvalue weighted by molar-refractivity contribution is 5.78. The minimum absolute atomic E-state index is 0.532. The lowest BCUT2D eigenvalue weighted by Gasteiger charge is -2.27. The van der Waals surface area contributed by atoms with Crippen LogP contribution in [0.5, 0.6) is 0 Å². The Hall–Kier alpha value is -1.62. The number of aromatic nitrogens is 1. The number of guanidine groups is 1. The smallest absolute Gasteiger partial charge is 0.191 e. The fourth-order valence-electron chi connectivity index (χ4n) is 1.55. The highest BCUT2D eigenvalue weighted by Gasteiger charge is 2.11. The van der Waals surface area contributed by atoms with Crippen molar-refractivity contribution >= 4 is 5.96 Å². The Morgan fingerprint density at radius 3 is 2.94 bits per heavy atom. The van der Waals surface area contributed by atoms with Gasteiger partial charge in [0.1, 0.15) is 0 Å². The molecular formula is C11H16N4O. The molecule has 0 bridgehead atoms. The van der Waals surface area contributed by atoms with Gasteiger partial charge in [0.2, 0.25) is 0 Å². The summed E-state index contributed by atoms with van der Waals surface area (Å²) in [5.74, 6) is 0.578. The molecule has 0 spiro atoms. The minimum Gasteiger partial charge on any atom is -0.378 e. The molecule has 0 unspecified atom stereocenters. The molecule has 5 heteroatoms. The molecule has 1 aliphatic rings. The van der Waals surface area contributed by atoms with E-state index in [4.69, 9.17) is 10.5 Å². The van der Waals surface area contributed by atoms with Crippen molar-refractivity contribution in [3.63, 3.8) is 0 Å². The maximum Gasteiger partial charge on any atom is 0.191 e. The van der Waals surface area contributed by atoms with Crippen LogP contribution in [0.25, 0.3) is 0 Å². The van der Waals surface area contributed by atoms with Gasteiger partial charge in [0.05, 0.1) is 25.5 Å². The van der Waals surface area contributed by atoms with Gasteiger partial charge in [-0.1, -0.05) is 6.07 Å². The predicted octanol–water partition coefficient (Wildman–Crippen LogP) is 0.228. The molecule has 1 aromatic rings. The minimum atomic E-state index is 0.532. The largest absolute Gasteiger partial charge is 0.378 e. The molecule has 0 radical (unpaired) electrons. The van der Waals surface area contributed by atoms with Gasteiger partial charge in [-0.3, -0.25) is 4.98 Å².